The van der Waals surface area contributed by atoms with E-state index in [1.165, 1.54) is 4.90 Å². The van der Waals surface area contributed by atoms with Crippen molar-refractivity contribution in [3.05, 3.63) is 65.7 Å². The van der Waals surface area contributed by atoms with Crippen molar-refractivity contribution < 1.29 is 52.5 Å². The summed E-state index contributed by atoms with van der Waals surface area (Å²) in [6.45, 7) is 18.9. The number of amides is 3. The molecule has 0 unspecified atom stereocenters. The summed E-state index contributed by atoms with van der Waals surface area (Å²) in [7, 11) is 0. The van der Waals surface area contributed by atoms with Gasteiger partial charge in [0.2, 0.25) is 0 Å². The molecule has 0 radical (unpaired) electrons. The molecule has 0 aliphatic carbocycles. The van der Waals surface area contributed by atoms with Gasteiger partial charge in [-0.1, -0.05) is 48.5 Å². The molecule has 314 valence electrons. The van der Waals surface area contributed by atoms with E-state index in [1.54, 1.807) is 95.2 Å². The number of hydrogen-bond acceptors (Lipinski definition) is 11. The molecule has 2 aromatic rings. The lowest BCUT2D eigenvalue weighted by molar-refractivity contribution is -0.163. The molecule has 1 aliphatic heterocycles. The average Bonchev–Trinajstić information content (AvgIpc) is 3.18. The second-order valence-electron chi connectivity index (χ2n) is 18.0. The van der Waals surface area contributed by atoms with Crippen LogP contribution < -0.4 is 10.2 Å². The van der Waals surface area contributed by atoms with Gasteiger partial charge in [0, 0.05) is 5.69 Å². The molecular weight excluding hydrogens is 734 g/mol. The van der Waals surface area contributed by atoms with E-state index in [-0.39, 0.29) is 19.3 Å². The van der Waals surface area contributed by atoms with Crippen molar-refractivity contribution in [1.29, 1.82) is 0 Å². The van der Waals surface area contributed by atoms with Gasteiger partial charge >= 0.3 is 30.1 Å². The molecule has 14 heteroatoms. The molecule has 3 amide bonds. The maximum absolute atomic E-state index is 14.8. The number of hydrogen-bond donors (Lipinski definition) is 1. The molecule has 1 N–H and O–H groups in total. The highest BCUT2D eigenvalue weighted by Crippen LogP contribution is 2.32. The van der Waals surface area contributed by atoms with E-state index in [2.05, 4.69) is 5.32 Å². The highest BCUT2D eigenvalue weighted by Gasteiger charge is 2.45. The number of nitrogens with zero attached hydrogens (tertiary/aromatic N) is 2. The summed E-state index contributed by atoms with van der Waals surface area (Å²) in [5.41, 5.74) is -1.69. The van der Waals surface area contributed by atoms with Crippen LogP contribution in [0.1, 0.15) is 107 Å². The number of nitrogens with one attached hydrogen (secondary N) is 1. The number of rotatable bonds is 12. The number of aryl methyl sites for hydroxylation is 2. The van der Waals surface area contributed by atoms with Crippen LogP contribution in [0.25, 0.3) is 0 Å². The lowest BCUT2D eigenvalue weighted by Gasteiger charge is -2.38. The molecule has 0 saturated heterocycles. The highest BCUT2D eigenvalue weighted by molar-refractivity contribution is 6.03. The van der Waals surface area contributed by atoms with Gasteiger partial charge in [-0.05, 0) is 126 Å². The normalized spacial score (nSPS) is 15.9. The summed E-state index contributed by atoms with van der Waals surface area (Å²) >= 11 is 0. The lowest BCUT2D eigenvalue weighted by Crippen LogP contribution is -2.59. The topological polar surface area (TPSA) is 167 Å². The van der Waals surface area contributed by atoms with E-state index >= 15 is 0 Å². The first-order valence-corrected chi connectivity index (χ1v) is 19.3. The van der Waals surface area contributed by atoms with Gasteiger partial charge in [0.25, 0.3) is 5.91 Å². The van der Waals surface area contributed by atoms with Crippen molar-refractivity contribution in [3.63, 3.8) is 0 Å². The Morgan fingerprint density at radius 1 is 0.737 bits per heavy atom. The SMILES string of the molecule is CC(C)(C)OC(=O)CN1C(=O)[C@H](N(C(=O)OC(C)(C)C)[C@@H](CCc2ccccc2)C(=O)OC[C@H](NC(=O)OC(C)(C)C)C(=O)OC(C)(C)C)CCc2ccccc21. The minimum Gasteiger partial charge on any atom is -0.461 e. The molecule has 0 spiro atoms. The average molecular weight is 796 g/mol. The first-order chi connectivity index (χ1) is 26.2. The third-order valence-electron chi connectivity index (χ3n) is 8.10. The van der Waals surface area contributed by atoms with Gasteiger partial charge in [-0.25, -0.2) is 19.2 Å². The van der Waals surface area contributed by atoms with Crippen molar-refractivity contribution in [2.75, 3.05) is 18.1 Å². The molecule has 2 aromatic carbocycles. The summed E-state index contributed by atoms with van der Waals surface area (Å²) in [5, 5.41) is 2.44. The number of carbonyl (C=O) groups excluding carboxylic acids is 6. The number of carbonyl (C=O) groups is 6. The van der Waals surface area contributed by atoms with Gasteiger partial charge in [0.15, 0.2) is 6.04 Å². The van der Waals surface area contributed by atoms with E-state index in [0.29, 0.717) is 12.1 Å². The lowest BCUT2D eigenvalue weighted by atomic mass is 10.00. The number of ether oxygens (including phenoxy) is 5. The summed E-state index contributed by atoms with van der Waals surface area (Å²) in [4.78, 5) is 85.6. The third kappa shape index (κ3) is 15.4. The smallest absolute Gasteiger partial charge is 0.411 e. The summed E-state index contributed by atoms with van der Waals surface area (Å²) < 4.78 is 28.1. The molecule has 0 saturated carbocycles. The maximum atomic E-state index is 14.8. The van der Waals surface area contributed by atoms with Crippen LogP contribution in [-0.2, 0) is 55.7 Å². The Balaban J connectivity index is 2.12. The fraction of sp³-hybridized carbons (Fsp3) is 0.581. The number of esters is 3. The van der Waals surface area contributed by atoms with Gasteiger partial charge in [0.05, 0.1) is 0 Å². The molecule has 0 aromatic heterocycles. The zero-order valence-electron chi connectivity index (χ0n) is 35.6. The Labute approximate surface area is 336 Å². The second-order valence-corrected chi connectivity index (χ2v) is 18.0. The molecule has 3 rings (SSSR count). The van der Waals surface area contributed by atoms with Crippen LogP contribution in [0.3, 0.4) is 0 Å². The van der Waals surface area contributed by atoms with Gasteiger partial charge in [-0.15, -0.1) is 0 Å². The zero-order valence-corrected chi connectivity index (χ0v) is 35.6. The van der Waals surface area contributed by atoms with Crippen molar-refractivity contribution >= 4 is 41.7 Å². The Kier molecular flexibility index (Phi) is 15.3. The van der Waals surface area contributed by atoms with Gasteiger partial charge in [-0.2, -0.15) is 0 Å². The predicted molar refractivity (Wildman–Crippen MR) is 213 cm³/mol. The summed E-state index contributed by atoms with van der Waals surface area (Å²) in [5.74, 6) is -3.15. The van der Waals surface area contributed by atoms with Crippen LogP contribution in [-0.4, -0.2) is 94.6 Å². The summed E-state index contributed by atoms with van der Waals surface area (Å²) in [6.07, 6.45) is -1.29. The fourth-order valence-corrected chi connectivity index (χ4v) is 5.98. The zero-order chi connectivity index (χ0) is 42.9. The Hall–Kier alpha value is -5.14. The Bertz CT molecular complexity index is 1730. The quantitative estimate of drug-likeness (QED) is 0.180. The van der Waals surface area contributed by atoms with Crippen LogP contribution >= 0.6 is 0 Å². The van der Waals surface area contributed by atoms with Crippen molar-refractivity contribution in [2.45, 2.75) is 149 Å². The second kappa shape index (κ2) is 18.9. The number of alkyl carbamates (subject to hydrolysis) is 1. The van der Waals surface area contributed by atoms with Crippen LogP contribution in [0.15, 0.2) is 54.6 Å². The molecule has 3 atom stereocenters. The molecule has 1 heterocycles. The molecule has 57 heavy (non-hydrogen) atoms. The minimum atomic E-state index is -1.49. The van der Waals surface area contributed by atoms with E-state index in [0.717, 1.165) is 16.0 Å². The van der Waals surface area contributed by atoms with Gasteiger partial charge in [0.1, 0.15) is 47.6 Å². The van der Waals surface area contributed by atoms with E-state index in [9.17, 15) is 28.8 Å². The van der Waals surface area contributed by atoms with Crippen LogP contribution in [0.2, 0.25) is 0 Å². The van der Waals surface area contributed by atoms with Crippen LogP contribution in [0.4, 0.5) is 15.3 Å². The van der Waals surface area contributed by atoms with Crippen molar-refractivity contribution in [3.8, 4) is 0 Å². The number of fused-ring (bicyclic) bond motifs is 1. The van der Waals surface area contributed by atoms with Crippen molar-refractivity contribution in [1.82, 2.24) is 10.2 Å². The monoisotopic (exact) mass is 795 g/mol. The molecular formula is C43H61N3O11. The van der Waals surface area contributed by atoms with E-state index < -0.39 is 89.7 Å². The van der Waals surface area contributed by atoms with Gasteiger partial charge in [-0.3, -0.25) is 19.4 Å². The fourth-order valence-electron chi connectivity index (χ4n) is 5.98. The van der Waals surface area contributed by atoms with Gasteiger partial charge < -0.3 is 29.0 Å². The first-order valence-electron chi connectivity index (χ1n) is 19.3. The standard InChI is InChI=1S/C43H61N3O11/c1-40(2,3)54-34(47)26-45-31-21-17-16-20-29(31)23-25-32(35(45)48)46(39(52)57-43(10,11)12)33(24-22-28-18-14-13-15-19-28)37(50)53-27-30(36(49)55-41(4,5)6)44-38(51)56-42(7,8)9/h13-21,30,32-33H,22-27H2,1-12H3,(H,44,51)/t30-,32+,33-/m0/s1. The Morgan fingerprint density at radius 2 is 1.30 bits per heavy atom. The molecule has 1 aliphatic rings. The van der Waals surface area contributed by atoms with Crippen LogP contribution in [0.5, 0.6) is 0 Å². The summed E-state index contributed by atoms with van der Waals surface area (Å²) in [6, 6.07) is 12.1. The van der Waals surface area contributed by atoms with Crippen LogP contribution in [0, 0.1) is 0 Å². The van der Waals surface area contributed by atoms with E-state index in [1.807, 2.05) is 42.5 Å². The number of anilines is 1. The Morgan fingerprint density at radius 3 is 1.88 bits per heavy atom. The third-order valence-corrected chi connectivity index (χ3v) is 8.10. The first kappa shape index (κ1) is 46.2. The number of para-hydroxylation sites is 1. The predicted octanol–water partition coefficient (Wildman–Crippen LogP) is 6.69. The van der Waals surface area contributed by atoms with Crippen molar-refractivity contribution in [2.24, 2.45) is 0 Å². The maximum Gasteiger partial charge on any atom is 0.411 e. The molecule has 0 bridgehead atoms. The van der Waals surface area contributed by atoms with E-state index in [4.69, 9.17) is 23.7 Å². The molecule has 14 nitrogen and oxygen atoms in total. The number of benzene rings is 2. The largest absolute Gasteiger partial charge is 0.461 e. The minimum absolute atomic E-state index is 0.0263. The highest BCUT2D eigenvalue weighted by atomic mass is 16.6. The molecule has 0 fully saturated rings.